The summed E-state index contributed by atoms with van der Waals surface area (Å²) >= 11 is 0. The second kappa shape index (κ2) is 8.85. The molecule has 0 radical (unpaired) electrons. The number of likely N-dealkylation sites (tertiary alicyclic amines) is 1. The molecule has 1 aromatic heterocycles. The molecule has 2 aromatic rings. The molecule has 1 N–H and O–H groups in total. The van der Waals surface area contributed by atoms with Crippen molar-refractivity contribution >= 4 is 12.0 Å². The highest BCUT2D eigenvalue weighted by Crippen LogP contribution is 2.43. The van der Waals surface area contributed by atoms with E-state index in [0.29, 0.717) is 11.3 Å². The maximum atomic E-state index is 14.7. The molecule has 2 aliphatic rings. The third-order valence-electron chi connectivity index (χ3n) is 6.16. The fraction of sp³-hybridized carbons (Fsp3) is 0.500. The Morgan fingerprint density at radius 2 is 2.15 bits per heavy atom. The van der Waals surface area contributed by atoms with Crippen LogP contribution in [-0.4, -0.2) is 50.4 Å². The first-order chi connectivity index (χ1) is 15.7. The van der Waals surface area contributed by atoms with E-state index >= 15 is 0 Å². The van der Waals surface area contributed by atoms with Crippen molar-refractivity contribution in [3.63, 3.8) is 0 Å². The first kappa shape index (κ1) is 22.8. The molecule has 33 heavy (non-hydrogen) atoms. The van der Waals surface area contributed by atoms with Gasteiger partial charge < -0.3 is 10.1 Å². The number of nitriles is 1. The van der Waals surface area contributed by atoms with Gasteiger partial charge in [0.25, 0.3) is 0 Å². The third-order valence-corrected chi connectivity index (χ3v) is 6.16. The topological polar surface area (TPSA) is 100 Å². The Hall–Kier alpha value is -3.41. The highest BCUT2D eigenvalue weighted by atomic mass is 19.1. The fourth-order valence-corrected chi connectivity index (χ4v) is 4.77. The third kappa shape index (κ3) is 4.85. The number of fused-ring (bicyclic) bond motifs is 2. The van der Waals surface area contributed by atoms with Crippen LogP contribution in [0, 0.1) is 23.1 Å². The summed E-state index contributed by atoms with van der Waals surface area (Å²) in [5.74, 6) is -0.840. The number of nitrogens with zero attached hydrogens (tertiary/aromatic N) is 4. The van der Waals surface area contributed by atoms with Gasteiger partial charge >= 0.3 is 6.09 Å². The average molecular weight is 454 g/mol. The summed E-state index contributed by atoms with van der Waals surface area (Å²) in [5, 5.41) is 16.4. The normalized spacial score (nSPS) is 22.6. The van der Waals surface area contributed by atoms with Gasteiger partial charge in [0.15, 0.2) is 0 Å². The number of piperidine rings is 1. The molecule has 2 bridgehead atoms. The van der Waals surface area contributed by atoms with Crippen LogP contribution in [0.5, 0.6) is 0 Å². The minimum absolute atomic E-state index is 0.0146. The molecule has 1 aromatic carbocycles. The highest BCUT2D eigenvalue weighted by molar-refractivity contribution is 5.87. The summed E-state index contributed by atoms with van der Waals surface area (Å²) in [6.07, 6.45) is 5.25. The molecule has 0 spiro atoms. The summed E-state index contributed by atoms with van der Waals surface area (Å²) in [7, 11) is 0. The number of nitrogens with one attached hydrogen (secondary N) is 1. The van der Waals surface area contributed by atoms with Crippen molar-refractivity contribution in [1.29, 1.82) is 5.26 Å². The van der Waals surface area contributed by atoms with E-state index in [1.165, 1.54) is 15.6 Å². The van der Waals surface area contributed by atoms with E-state index in [9.17, 15) is 19.2 Å². The van der Waals surface area contributed by atoms with Gasteiger partial charge in [-0.3, -0.25) is 9.69 Å². The molecule has 174 valence electrons. The van der Waals surface area contributed by atoms with Crippen LogP contribution in [0.25, 0.3) is 5.69 Å². The number of halogens is 1. The monoisotopic (exact) mass is 453 g/mol. The molecule has 1 aliphatic heterocycles. The smallest absolute Gasteiger partial charge is 0.411 e. The standard InChI is InChI=1S/C24H28FN5O3/c1-24(2,3)33-23(32)30-19-8-6-16(12-19)21(30)22(31)28-17(14-26)11-15-5-7-18(13-20(15)25)29-10-4-9-27-29/h4-5,7,9-10,13,16-17,19,21H,6,8,11-12H2,1-3H3,(H,28,31)/t16-,17-,19+,21-/m0/s1. The zero-order valence-corrected chi connectivity index (χ0v) is 19.0. The Balaban J connectivity index is 1.45. The Labute approximate surface area is 192 Å². The predicted octanol–water partition coefficient (Wildman–Crippen LogP) is 3.35. The van der Waals surface area contributed by atoms with Gasteiger partial charge in [-0.2, -0.15) is 10.4 Å². The number of rotatable bonds is 5. The molecule has 4 atom stereocenters. The molecule has 0 unspecified atom stereocenters. The van der Waals surface area contributed by atoms with Crippen LogP contribution in [0.4, 0.5) is 9.18 Å². The van der Waals surface area contributed by atoms with E-state index in [-0.39, 0.29) is 18.4 Å². The number of hydrogen-bond donors (Lipinski definition) is 1. The van der Waals surface area contributed by atoms with Gasteiger partial charge in [-0.1, -0.05) is 6.07 Å². The first-order valence-electron chi connectivity index (χ1n) is 11.2. The second-order valence-electron chi connectivity index (χ2n) is 9.68. The summed E-state index contributed by atoms with van der Waals surface area (Å²) in [6.45, 7) is 5.35. The van der Waals surface area contributed by atoms with Gasteiger partial charge in [0.1, 0.15) is 23.5 Å². The lowest BCUT2D eigenvalue weighted by Gasteiger charge is -2.35. The summed E-state index contributed by atoms with van der Waals surface area (Å²) in [6, 6.07) is 6.79. The number of benzene rings is 1. The maximum absolute atomic E-state index is 14.7. The summed E-state index contributed by atoms with van der Waals surface area (Å²) in [5.41, 5.74) is 0.207. The van der Waals surface area contributed by atoms with Crippen molar-refractivity contribution < 1.29 is 18.7 Å². The van der Waals surface area contributed by atoms with Crippen molar-refractivity contribution in [2.24, 2.45) is 5.92 Å². The van der Waals surface area contributed by atoms with Crippen LogP contribution in [0.1, 0.15) is 45.6 Å². The average Bonchev–Trinajstić information content (AvgIpc) is 3.50. The SMILES string of the molecule is CC(C)(C)OC(=O)N1[C@@H]2CC[C@@H](C2)[C@H]1C(=O)N[C@H](C#N)Cc1ccc(-n2cccn2)cc1F. The fourth-order valence-electron chi connectivity index (χ4n) is 4.77. The van der Waals surface area contributed by atoms with E-state index in [0.717, 1.165) is 19.3 Å². The van der Waals surface area contributed by atoms with Gasteiger partial charge in [-0.05, 0) is 69.7 Å². The van der Waals surface area contributed by atoms with Gasteiger partial charge in [0.2, 0.25) is 5.91 Å². The van der Waals surface area contributed by atoms with Crippen LogP contribution in [-0.2, 0) is 16.0 Å². The van der Waals surface area contributed by atoms with Gasteiger partial charge in [-0.15, -0.1) is 0 Å². The molecule has 1 aliphatic carbocycles. The second-order valence-corrected chi connectivity index (χ2v) is 9.68. The molecule has 2 fully saturated rings. The van der Waals surface area contributed by atoms with Crippen LogP contribution in [0.2, 0.25) is 0 Å². The van der Waals surface area contributed by atoms with Crippen molar-refractivity contribution in [1.82, 2.24) is 20.0 Å². The van der Waals surface area contributed by atoms with Crippen molar-refractivity contribution in [2.75, 3.05) is 0 Å². The lowest BCUT2D eigenvalue weighted by atomic mass is 9.97. The maximum Gasteiger partial charge on any atom is 0.411 e. The predicted molar refractivity (Wildman–Crippen MR) is 118 cm³/mol. The Bertz CT molecular complexity index is 1070. The van der Waals surface area contributed by atoms with Crippen molar-refractivity contribution in [2.45, 2.75) is 70.2 Å². The number of ether oxygens (including phenoxy) is 1. The molecule has 4 rings (SSSR count). The lowest BCUT2D eigenvalue weighted by Crippen LogP contribution is -2.55. The highest BCUT2D eigenvalue weighted by Gasteiger charge is 2.52. The van der Waals surface area contributed by atoms with Gasteiger partial charge in [0, 0.05) is 24.9 Å². The quantitative estimate of drug-likeness (QED) is 0.748. The van der Waals surface area contributed by atoms with Crippen molar-refractivity contribution in [3.8, 4) is 11.8 Å². The molecular weight excluding hydrogens is 425 g/mol. The summed E-state index contributed by atoms with van der Waals surface area (Å²) in [4.78, 5) is 27.5. The Morgan fingerprint density at radius 3 is 2.79 bits per heavy atom. The minimum Gasteiger partial charge on any atom is -0.444 e. The number of aromatic nitrogens is 2. The zero-order chi connectivity index (χ0) is 23.8. The number of amides is 2. The van der Waals surface area contributed by atoms with E-state index in [1.54, 1.807) is 51.4 Å². The van der Waals surface area contributed by atoms with Crippen LogP contribution >= 0.6 is 0 Å². The molecule has 2 amide bonds. The lowest BCUT2D eigenvalue weighted by molar-refractivity contribution is -0.128. The van der Waals surface area contributed by atoms with Gasteiger partial charge in [0.05, 0.1) is 11.8 Å². The van der Waals surface area contributed by atoms with Crippen LogP contribution in [0.3, 0.4) is 0 Å². The molecule has 1 saturated heterocycles. The number of carbonyl (C=O) groups excluding carboxylic acids is 2. The van der Waals surface area contributed by atoms with Crippen LogP contribution < -0.4 is 5.32 Å². The molecule has 9 heteroatoms. The zero-order valence-electron chi connectivity index (χ0n) is 19.0. The van der Waals surface area contributed by atoms with E-state index in [1.807, 2.05) is 6.07 Å². The van der Waals surface area contributed by atoms with Gasteiger partial charge in [-0.25, -0.2) is 13.9 Å². The number of carbonyl (C=O) groups is 2. The van der Waals surface area contributed by atoms with E-state index in [4.69, 9.17) is 4.74 Å². The molecule has 1 saturated carbocycles. The minimum atomic E-state index is -0.929. The van der Waals surface area contributed by atoms with Crippen LogP contribution in [0.15, 0.2) is 36.7 Å². The van der Waals surface area contributed by atoms with E-state index in [2.05, 4.69) is 10.4 Å². The molecule has 2 heterocycles. The molecular formula is C24H28FN5O3. The van der Waals surface area contributed by atoms with Crippen molar-refractivity contribution in [3.05, 3.63) is 48.0 Å². The van der Waals surface area contributed by atoms with E-state index < -0.39 is 35.5 Å². The largest absolute Gasteiger partial charge is 0.444 e. The number of hydrogen-bond acceptors (Lipinski definition) is 5. The summed E-state index contributed by atoms with van der Waals surface area (Å²) < 4.78 is 21.8. The Kier molecular flexibility index (Phi) is 6.11. The Morgan fingerprint density at radius 1 is 1.36 bits per heavy atom. The first-order valence-corrected chi connectivity index (χ1v) is 11.2. The molecule has 8 nitrogen and oxygen atoms in total.